The van der Waals surface area contributed by atoms with E-state index in [1.54, 1.807) is 30.4 Å². The second kappa shape index (κ2) is 13.3. The van der Waals surface area contributed by atoms with Crippen molar-refractivity contribution < 1.29 is 69.1 Å². The number of aromatic amines is 2. The molecule has 0 fully saturated rings. The van der Waals surface area contributed by atoms with Crippen LogP contribution in [0.5, 0.6) is 0 Å². The molecule has 12 N–H and O–H groups in total. The van der Waals surface area contributed by atoms with E-state index in [0.29, 0.717) is 76.6 Å². The van der Waals surface area contributed by atoms with E-state index < -0.39 is 45.7 Å². The van der Waals surface area contributed by atoms with Gasteiger partial charge < -0.3 is 9.97 Å². The van der Waals surface area contributed by atoms with Crippen LogP contribution in [0.1, 0.15) is 22.3 Å². The molecule has 1 atom stereocenters. The molecule has 3 aliphatic heterocycles. The molecule has 19 nitrogen and oxygen atoms in total. The number of rotatable bonds is 7. The minimum atomic E-state index is -4.66. The van der Waals surface area contributed by atoms with Crippen LogP contribution in [0.3, 0.4) is 0 Å². The molecule has 5 heterocycles. The van der Waals surface area contributed by atoms with Crippen molar-refractivity contribution in [3.8, 4) is 0 Å². The van der Waals surface area contributed by atoms with Crippen molar-refractivity contribution in [3.05, 3.63) is 116 Å². The molecule has 4 aromatic carbocycles. The van der Waals surface area contributed by atoms with E-state index in [4.69, 9.17) is 9.34 Å². The first-order valence-corrected chi connectivity index (χ1v) is 22.5. The highest BCUT2D eigenvalue weighted by Gasteiger charge is 2.38. The van der Waals surface area contributed by atoms with E-state index in [9.17, 15) is 38.6 Å². The molecule has 1 unspecified atom stereocenters. The molecule has 8 bridgehead atoms. The zero-order valence-electron chi connectivity index (χ0n) is 29.8. The topological polar surface area (TPSA) is 330 Å². The third-order valence-corrected chi connectivity index (χ3v) is 14.3. The van der Waals surface area contributed by atoms with Crippen molar-refractivity contribution in [2.75, 3.05) is 0 Å². The van der Waals surface area contributed by atoms with Gasteiger partial charge in [-0.05, 0) is 58.8 Å². The van der Waals surface area contributed by atoms with Crippen LogP contribution < -0.4 is 48.4 Å². The highest BCUT2D eigenvalue weighted by molar-refractivity contribution is 7.92. The van der Waals surface area contributed by atoms with Gasteiger partial charge in [0.2, 0.25) is 4.90 Å². The maximum absolute atomic E-state index is 12.8. The van der Waals surface area contributed by atoms with Gasteiger partial charge in [0.1, 0.15) is 0 Å². The van der Waals surface area contributed by atoms with E-state index >= 15 is 0 Å². The molecule has 2 aromatic heterocycles. The predicted molar refractivity (Wildman–Crippen MR) is 210 cm³/mol. The first kappa shape index (κ1) is 38.5. The second-order valence-electron chi connectivity index (χ2n) is 13.3. The van der Waals surface area contributed by atoms with Gasteiger partial charge in [-0.1, -0.05) is 24.0 Å². The Hall–Kier alpha value is -5.98. The van der Waals surface area contributed by atoms with Gasteiger partial charge in [-0.15, -0.1) is 0 Å². The highest BCUT2D eigenvalue weighted by atomic mass is 32.3. The van der Waals surface area contributed by atoms with Gasteiger partial charge in [-0.3, -0.25) is 4.55 Å². The minimum Gasteiger partial charge on any atom is -0.354 e. The smallest absolute Gasteiger partial charge is 0.354 e. The lowest BCUT2D eigenvalue weighted by atomic mass is 10.0. The average Bonchev–Trinajstić information content (AvgIpc) is 3.95. The van der Waals surface area contributed by atoms with E-state index in [-0.39, 0.29) is 26.1 Å². The van der Waals surface area contributed by atoms with E-state index in [0.717, 1.165) is 0 Å². The molecule has 0 saturated carbocycles. The summed E-state index contributed by atoms with van der Waals surface area (Å²) in [6, 6.07) is 16.7. The molecule has 0 amide bonds. The third kappa shape index (κ3) is 6.36. The lowest BCUT2D eigenvalue weighted by Crippen LogP contribution is -2.52. The van der Waals surface area contributed by atoms with Crippen LogP contribution in [-0.2, 0) is 62.5 Å². The van der Waals surface area contributed by atoms with Crippen LogP contribution in [0, 0.1) is 0 Å². The van der Waals surface area contributed by atoms with Gasteiger partial charge in [-0.25, -0.2) is 0 Å². The predicted octanol–water partition coefficient (Wildman–Crippen LogP) is -4.53. The number of hydrogen-bond acceptors (Lipinski definition) is 10. The third-order valence-electron chi connectivity index (χ3n) is 10.0. The second-order valence-corrected chi connectivity index (χ2v) is 19.5. The number of benzene rings is 4. The molecule has 6 aromatic rings. The van der Waals surface area contributed by atoms with E-state index in [1.165, 1.54) is 66.7 Å². The molecule has 1 radical (unpaired) electrons. The summed E-state index contributed by atoms with van der Waals surface area (Å²) in [6.07, 6.45) is 6.52. The summed E-state index contributed by atoms with van der Waals surface area (Å²) < 4.78 is 135. The summed E-state index contributed by atoms with van der Waals surface area (Å²) in [5.41, 5.74) is 2.86. The molecular formula is C36H28N7O12S4+6. The Kier molecular flexibility index (Phi) is 8.67. The van der Waals surface area contributed by atoms with Crippen LogP contribution in [0.25, 0.3) is 45.8 Å². The Morgan fingerprint density at radius 3 is 1.37 bits per heavy atom. The molecule has 0 aliphatic carbocycles. The minimum absolute atomic E-state index is 0.202. The maximum Gasteiger partial charge on any atom is 0.482 e. The highest BCUT2D eigenvalue weighted by Crippen LogP contribution is 2.25. The number of fused-ring (bicyclic) bond motifs is 16. The zero-order valence-corrected chi connectivity index (χ0v) is 33.1. The monoisotopic (exact) mass is 878 g/mol. The summed E-state index contributed by atoms with van der Waals surface area (Å²) in [5.74, 6) is 9.22. The Labute approximate surface area is 332 Å². The molecule has 297 valence electrons. The molecule has 59 heavy (non-hydrogen) atoms. The van der Waals surface area contributed by atoms with Crippen LogP contribution in [0.4, 0.5) is 0 Å². The van der Waals surface area contributed by atoms with Crippen LogP contribution in [0.15, 0.2) is 92.4 Å². The fourth-order valence-electron chi connectivity index (χ4n) is 7.21. The summed E-state index contributed by atoms with van der Waals surface area (Å²) in [4.78, 5) is 5.58. The first-order chi connectivity index (χ1) is 27.9. The quantitative estimate of drug-likeness (QED) is 0.0384. The number of nitrogens with zero attached hydrogens (tertiary/aromatic N) is 2. The van der Waals surface area contributed by atoms with Crippen molar-refractivity contribution in [1.82, 2.24) is 19.3 Å². The van der Waals surface area contributed by atoms with Crippen molar-refractivity contribution >= 4 is 110 Å². The SMILES string of the molecule is [NH3+]OS(=O)(=O)c1ccc2c(c1)C1=[N+]=C2C=c2[nH]c(c3ccc([S+]([O])(=O)O[NH3+])cc23)=CC2=[N+]=C(C=c3[nH]c(c4ccc(S(=O)(=O)O)cc34)=C1)c1ccc(S(=O)(=O)O[NH3+])cc12. The summed E-state index contributed by atoms with van der Waals surface area (Å²) in [7, 11) is -17.5. The number of hydrogen-bond donors (Lipinski definition) is 6. The van der Waals surface area contributed by atoms with Gasteiger partial charge >= 0.3 is 53.6 Å². The van der Waals surface area contributed by atoms with Crippen molar-refractivity contribution in [1.29, 1.82) is 0 Å². The fraction of sp³-hybridized carbons (Fsp3) is 0. The molecule has 0 saturated heterocycles. The molecule has 9 rings (SSSR count). The number of aromatic nitrogens is 2. The van der Waals surface area contributed by atoms with Crippen molar-refractivity contribution in [2.24, 2.45) is 0 Å². The van der Waals surface area contributed by atoms with Gasteiger partial charge in [0, 0.05) is 33.7 Å². The summed E-state index contributed by atoms with van der Waals surface area (Å²) in [5, 5.41) is 3.24. The Morgan fingerprint density at radius 2 is 0.932 bits per heavy atom. The lowest BCUT2D eigenvalue weighted by Gasteiger charge is -2.00. The Balaban J connectivity index is 1.45. The maximum atomic E-state index is 12.8. The molecular weight excluding hydrogens is 851 g/mol. The molecule has 0 spiro atoms. The van der Waals surface area contributed by atoms with Crippen LogP contribution in [0.2, 0.25) is 0 Å². The van der Waals surface area contributed by atoms with Gasteiger partial charge in [0.05, 0.1) is 91.5 Å². The molecule has 3 aliphatic rings. The number of H-pyrrole nitrogens is 2. The van der Waals surface area contributed by atoms with Gasteiger partial charge in [-0.2, -0.15) is 42.9 Å². The van der Waals surface area contributed by atoms with E-state index in [1.807, 2.05) is 0 Å². The average molecular weight is 879 g/mol. The van der Waals surface area contributed by atoms with Crippen LogP contribution >= 0.6 is 0 Å². The summed E-state index contributed by atoms with van der Waals surface area (Å²) >= 11 is 0. The van der Waals surface area contributed by atoms with E-state index in [2.05, 4.69) is 40.5 Å². The largest absolute Gasteiger partial charge is 0.482 e. The zero-order chi connectivity index (χ0) is 41.8. The van der Waals surface area contributed by atoms with Crippen molar-refractivity contribution in [3.63, 3.8) is 0 Å². The fourth-order valence-corrected chi connectivity index (χ4v) is 9.62. The van der Waals surface area contributed by atoms with Crippen molar-refractivity contribution in [2.45, 2.75) is 19.6 Å². The number of quaternary nitrogens is 3. The first-order valence-electron chi connectivity index (χ1n) is 16.9. The van der Waals surface area contributed by atoms with Crippen LogP contribution in [-0.4, -0.2) is 62.6 Å². The Morgan fingerprint density at radius 1 is 0.525 bits per heavy atom. The standard InChI is InChI=1S/C36H25N7O12S4/c37-53-57(47,48)18-2-6-22-26(10-18)35-15-32-24-8-4-20(59(51,52)55-39)12-28(24)36(43-32)16-31-23-7-3-19(58(49,50)54-38)11-27(23)34(42-31)14-29-21-5-1-17(56(44,45)46)9-25(21)33(40-29)13-30(22)41-35/h1-16H,37-39H3/q+3/p+3. The van der Waals surface area contributed by atoms with Gasteiger partial charge in [0.15, 0.2) is 0 Å². The normalized spacial score (nSPS) is 15.7. The molecule has 23 heteroatoms. The summed E-state index contributed by atoms with van der Waals surface area (Å²) in [6.45, 7) is 0. The Bertz CT molecular complexity index is 3730. The van der Waals surface area contributed by atoms with Gasteiger partial charge in [0.25, 0.3) is 10.1 Å². The number of nitrogens with one attached hydrogen (secondary N) is 2. The lowest BCUT2D eigenvalue weighted by molar-refractivity contribution is -0.637.